The van der Waals surface area contributed by atoms with Crippen LogP contribution in [-0.4, -0.2) is 22.0 Å². The number of hydrogen-bond acceptors (Lipinski definition) is 4. The second kappa shape index (κ2) is 6.93. The number of aryl methyl sites for hydroxylation is 3. The summed E-state index contributed by atoms with van der Waals surface area (Å²) in [5.74, 6) is 0.452. The molecule has 0 aliphatic carbocycles. The smallest absolute Gasteiger partial charge is 0.265 e. The summed E-state index contributed by atoms with van der Waals surface area (Å²) in [7, 11) is 0. The largest absolute Gasteiger partial charge is 0.443 e. The van der Waals surface area contributed by atoms with Gasteiger partial charge in [0.2, 0.25) is 11.6 Å². The van der Waals surface area contributed by atoms with E-state index < -0.39 is 0 Å². The molecule has 0 atom stereocenters. The van der Waals surface area contributed by atoms with Crippen molar-refractivity contribution in [2.45, 2.75) is 33.7 Å². The second-order valence-electron chi connectivity index (χ2n) is 6.23. The number of hydrogen-bond donors (Lipinski definition) is 1. The monoisotopic (exact) mass is 339 g/mol. The predicted octanol–water partition coefficient (Wildman–Crippen LogP) is 2.27. The fraction of sp³-hybridized carbons (Fsp3) is 0.316. The first-order valence-corrected chi connectivity index (χ1v) is 8.23. The van der Waals surface area contributed by atoms with Gasteiger partial charge < -0.3 is 9.73 Å². The van der Waals surface area contributed by atoms with Crippen molar-refractivity contribution in [1.82, 2.24) is 14.9 Å². The molecule has 1 aromatic carbocycles. The van der Waals surface area contributed by atoms with E-state index in [4.69, 9.17) is 4.42 Å². The number of aromatic nitrogens is 2. The zero-order chi connectivity index (χ0) is 18.0. The highest BCUT2D eigenvalue weighted by atomic mass is 16.3. The SMILES string of the molecule is Cc1ccc(CCNC(=O)Cn2cnc3oc(C)c(C)c3c2=O)cc1. The highest BCUT2D eigenvalue weighted by molar-refractivity contribution is 5.79. The molecule has 0 spiro atoms. The molecule has 0 aliphatic rings. The van der Waals surface area contributed by atoms with E-state index >= 15 is 0 Å². The molecule has 0 radical (unpaired) electrons. The molecule has 25 heavy (non-hydrogen) atoms. The van der Waals surface area contributed by atoms with E-state index in [1.807, 2.05) is 38.1 Å². The first-order valence-electron chi connectivity index (χ1n) is 8.23. The molecule has 130 valence electrons. The third-order valence-corrected chi connectivity index (χ3v) is 4.33. The number of amides is 1. The average Bonchev–Trinajstić information content (AvgIpc) is 2.87. The molecule has 0 saturated carbocycles. The zero-order valence-electron chi connectivity index (χ0n) is 14.6. The highest BCUT2D eigenvalue weighted by Gasteiger charge is 2.14. The lowest BCUT2D eigenvalue weighted by molar-refractivity contribution is -0.121. The molecule has 2 aromatic heterocycles. The van der Waals surface area contributed by atoms with E-state index in [0.717, 1.165) is 17.5 Å². The van der Waals surface area contributed by atoms with Gasteiger partial charge >= 0.3 is 0 Å². The van der Waals surface area contributed by atoms with E-state index in [-0.39, 0.29) is 18.0 Å². The van der Waals surface area contributed by atoms with Gasteiger partial charge in [0.25, 0.3) is 5.56 Å². The summed E-state index contributed by atoms with van der Waals surface area (Å²) >= 11 is 0. The summed E-state index contributed by atoms with van der Waals surface area (Å²) in [5, 5.41) is 3.28. The summed E-state index contributed by atoms with van der Waals surface area (Å²) in [5.41, 5.74) is 3.20. The van der Waals surface area contributed by atoms with Crippen molar-refractivity contribution < 1.29 is 9.21 Å². The van der Waals surface area contributed by atoms with Gasteiger partial charge in [-0.3, -0.25) is 14.2 Å². The first kappa shape index (κ1) is 17.0. The van der Waals surface area contributed by atoms with Gasteiger partial charge in [-0.2, -0.15) is 0 Å². The maximum Gasteiger partial charge on any atom is 0.265 e. The van der Waals surface area contributed by atoms with Gasteiger partial charge in [-0.05, 0) is 32.8 Å². The fourth-order valence-corrected chi connectivity index (χ4v) is 2.69. The molecule has 0 unspecified atom stereocenters. The third-order valence-electron chi connectivity index (χ3n) is 4.33. The second-order valence-corrected chi connectivity index (χ2v) is 6.23. The van der Waals surface area contributed by atoms with Gasteiger partial charge in [0, 0.05) is 12.1 Å². The van der Waals surface area contributed by atoms with Crippen LogP contribution in [0.25, 0.3) is 11.1 Å². The predicted molar refractivity (Wildman–Crippen MR) is 95.6 cm³/mol. The Bertz CT molecular complexity index is 968. The minimum Gasteiger partial charge on any atom is -0.443 e. The van der Waals surface area contributed by atoms with Crippen LogP contribution < -0.4 is 10.9 Å². The topological polar surface area (TPSA) is 77.1 Å². The third kappa shape index (κ3) is 3.63. The van der Waals surface area contributed by atoms with Crippen molar-refractivity contribution in [2.75, 3.05) is 6.54 Å². The molecule has 3 aromatic rings. The molecular weight excluding hydrogens is 318 g/mol. The Morgan fingerprint density at radius 1 is 1.20 bits per heavy atom. The number of rotatable bonds is 5. The lowest BCUT2D eigenvalue weighted by atomic mass is 10.1. The Morgan fingerprint density at radius 2 is 1.92 bits per heavy atom. The average molecular weight is 339 g/mol. The van der Waals surface area contributed by atoms with Gasteiger partial charge in [0.15, 0.2) is 0 Å². The number of benzene rings is 1. The van der Waals surface area contributed by atoms with E-state index in [9.17, 15) is 9.59 Å². The zero-order valence-corrected chi connectivity index (χ0v) is 14.6. The van der Waals surface area contributed by atoms with E-state index in [0.29, 0.717) is 23.4 Å². The first-order chi connectivity index (χ1) is 12.0. The van der Waals surface area contributed by atoms with Gasteiger partial charge in [-0.1, -0.05) is 29.8 Å². The van der Waals surface area contributed by atoms with Crippen molar-refractivity contribution in [2.24, 2.45) is 0 Å². The van der Waals surface area contributed by atoms with Crippen LogP contribution in [0.4, 0.5) is 0 Å². The number of nitrogens with one attached hydrogen (secondary N) is 1. The molecular formula is C19H21N3O3. The Kier molecular flexibility index (Phi) is 4.70. The summed E-state index contributed by atoms with van der Waals surface area (Å²) in [6.07, 6.45) is 2.10. The molecule has 0 fully saturated rings. The summed E-state index contributed by atoms with van der Waals surface area (Å²) in [4.78, 5) is 28.8. The number of furan rings is 1. The molecule has 1 amide bonds. The van der Waals surface area contributed by atoms with Gasteiger partial charge in [0.05, 0.1) is 0 Å². The number of nitrogens with zero attached hydrogens (tertiary/aromatic N) is 2. The maximum absolute atomic E-state index is 12.5. The maximum atomic E-state index is 12.5. The summed E-state index contributed by atoms with van der Waals surface area (Å²) in [6, 6.07) is 8.20. The highest BCUT2D eigenvalue weighted by Crippen LogP contribution is 2.18. The van der Waals surface area contributed by atoms with E-state index in [1.165, 1.54) is 16.5 Å². The Labute approximate surface area is 145 Å². The summed E-state index contributed by atoms with van der Waals surface area (Å²) in [6.45, 7) is 6.11. The van der Waals surface area contributed by atoms with Crippen molar-refractivity contribution in [3.63, 3.8) is 0 Å². The molecule has 6 nitrogen and oxygen atoms in total. The Morgan fingerprint density at radius 3 is 2.64 bits per heavy atom. The van der Waals surface area contributed by atoms with E-state index in [2.05, 4.69) is 10.3 Å². The molecule has 0 bridgehead atoms. The lowest BCUT2D eigenvalue weighted by Gasteiger charge is -2.07. The molecule has 2 heterocycles. The molecule has 3 rings (SSSR count). The number of carbonyl (C=O) groups excluding carboxylic acids is 1. The van der Waals surface area contributed by atoms with Crippen LogP contribution in [-0.2, 0) is 17.8 Å². The van der Waals surface area contributed by atoms with Gasteiger partial charge in [-0.15, -0.1) is 0 Å². The fourth-order valence-electron chi connectivity index (χ4n) is 2.69. The molecule has 1 N–H and O–H groups in total. The standard InChI is InChI=1S/C19H21N3O3/c1-12-4-6-15(7-5-12)8-9-20-16(23)10-22-11-21-18-17(19(22)24)13(2)14(3)25-18/h4-7,11H,8-10H2,1-3H3,(H,20,23). The normalized spacial score (nSPS) is 11.0. The minimum atomic E-state index is -0.256. The van der Waals surface area contributed by atoms with Crippen molar-refractivity contribution in [3.8, 4) is 0 Å². The van der Waals surface area contributed by atoms with Crippen LogP contribution in [0.1, 0.15) is 22.5 Å². The van der Waals surface area contributed by atoms with Crippen LogP contribution in [0.2, 0.25) is 0 Å². The van der Waals surface area contributed by atoms with Gasteiger partial charge in [0.1, 0.15) is 24.0 Å². The minimum absolute atomic E-state index is 0.0562. The summed E-state index contributed by atoms with van der Waals surface area (Å²) < 4.78 is 6.75. The molecule has 6 heteroatoms. The Hall–Kier alpha value is -2.89. The van der Waals surface area contributed by atoms with Crippen molar-refractivity contribution >= 4 is 17.0 Å². The van der Waals surface area contributed by atoms with Crippen molar-refractivity contribution in [3.05, 3.63) is 63.4 Å². The lowest BCUT2D eigenvalue weighted by Crippen LogP contribution is -2.33. The van der Waals surface area contributed by atoms with Crippen LogP contribution in [0, 0.1) is 20.8 Å². The van der Waals surface area contributed by atoms with Crippen LogP contribution in [0.5, 0.6) is 0 Å². The Balaban J connectivity index is 1.64. The van der Waals surface area contributed by atoms with Crippen LogP contribution >= 0.6 is 0 Å². The number of fused-ring (bicyclic) bond motifs is 1. The van der Waals surface area contributed by atoms with E-state index in [1.54, 1.807) is 6.92 Å². The number of carbonyl (C=O) groups is 1. The quantitative estimate of drug-likeness (QED) is 0.773. The van der Waals surface area contributed by atoms with Crippen molar-refractivity contribution in [1.29, 1.82) is 0 Å². The molecule has 0 saturated heterocycles. The van der Waals surface area contributed by atoms with Gasteiger partial charge in [-0.25, -0.2) is 4.98 Å². The van der Waals surface area contributed by atoms with Crippen LogP contribution in [0.15, 0.2) is 39.8 Å². The van der Waals surface area contributed by atoms with Crippen LogP contribution in [0.3, 0.4) is 0 Å². The molecule has 0 aliphatic heterocycles.